The van der Waals surface area contributed by atoms with Crippen LogP contribution in [0.1, 0.15) is 24.0 Å². The van der Waals surface area contributed by atoms with Crippen molar-refractivity contribution in [2.24, 2.45) is 0 Å². The number of piperidine rings is 1. The zero-order valence-corrected chi connectivity index (χ0v) is 11.8. The molecule has 1 saturated heterocycles. The molecule has 1 fully saturated rings. The maximum atomic E-state index is 12.0. The van der Waals surface area contributed by atoms with E-state index in [0.29, 0.717) is 12.8 Å². The molecule has 0 radical (unpaired) electrons. The van der Waals surface area contributed by atoms with E-state index in [2.05, 4.69) is 16.0 Å². The van der Waals surface area contributed by atoms with Gasteiger partial charge in [-0.1, -0.05) is 12.1 Å². The van der Waals surface area contributed by atoms with E-state index >= 15 is 0 Å². The van der Waals surface area contributed by atoms with Crippen LogP contribution in [0, 0.1) is 0 Å². The Morgan fingerprint density at radius 2 is 2.00 bits per heavy atom. The number of fused-ring (bicyclic) bond motifs is 1. The quantitative estimate of drug-likeness (QED) is 0.663. The largest absolute Gasteiger partial charge is 0.344 e. The minimum absolute atomic E-state index is 0.0554. The van der Waals surface area contributed by atoms with E-state index in [0.717, 1.165) is 16.8 Å². The average molecular weight is 301 g/mol. The molecule has 114 valence electrons. The lowest BCUT2D eigenvalue weighted by molar-refractivity contribution is -0.137. The van der Waals surface area contributed by atoms with Gasteiger partial charge in [-0.15, -0.1) is 0 Å². The minimum atomic E-state index is -0.664. The van der Waals surface area contributed by atoms with Crippen LogP contribution >= 0.6 is 0 Å². The topological polar surface area (TPSA) is 104 Å². The number of nitrogens with one attached hydrogen (secondary N) is 3. The number of imide groups is 1. The molecule has 22 heavy (non-hydrogen) atoms. The van der Waals surface area contributed by atoms with Crippen LogP contribution in [0.3, 0.4) is 0 Å². The summed E-state index contributed by atoms with van der Waals surface area (Å²) in [6.07, 6.45) is 0.986. The molecule has 0 spiro atoms. The van der Waals surface area contributed by atoms with E-state index in [-0.39, 0.29) is 30.6 Å². The second kappa shape index (κ2) is 5.59. The first-order valence-electron chi connectivity index (χ1n) is 7.06. The number of hydrogen-bond acceptors (Lipinski definition) is 4. The highest BCUT2D eigenvalue weighted by Gasteiger charge is 2.27. The first kappa shape index (κ1) is 14.2. The highest BCUT2D eigenvalue weighted by Crippen LogP contribution is 2.24. The van der Waals surface area contributed by atoms with Crippen molar-refractivity contribution >= 4 is 29.3 Å². The molecule has 7 nitrogen and oxygen atoms in total. The van der Waals surface area contributed by atoms with Crippen LogP contribution < -0.4 is 16.0 Å². The van der Waals surface area contributed by atoms with E-state index in [1.54, 1.807) is 12.1 Å². The molecule has 0 aliphatic carbocycles. The van der Waals surface area contributed by atoms with Gasteiger partial charge in [0.25, 0.3) is 0 Å². The molecular formula is C15H15N3O4. The highest BCUT2D eigenvalue weighted by molar-refractivity contribution is 6.02. The van der Waals surface area contributed by atoms with Crippen LogP contribution in [0.25, 0.3) is 0 Å². The minimum Gasteiger partial charge on any atom is -0.344 e. The fourth-order valence-electron chi connectivity index (χ4n) is 2.65. The van der Waals surface area contributed by atoms with Crippen LogP contribution in [0.15, 0.2) is 18.2 Å². The summed E-state index contributed by atoms with van der Waals surface area (Å²) in [5.41, 5.74) is 2.43. The van der Waals surface area contributed by atoms with Gasteiger partial charge in [0, 0.05) is 12.1 Å². The second-order valence-electron chi connectivity index (χ2n) is 5.46. The van der Waals surface area contributed by atoms with Crippen molar-refractivity contribution in [1.82, 2.24) is 10.6 Å². The van der Waals surface area contributed by atoms with Crippen molar-refractivity contribution in [3.63, 3.8) is 0 Å². The van der Waals surface area contributed by atoms with Gasteiger partial charge in [-0.3, -0.25) is 24.5 Å². The Morgan fingerprint density at radius 3 is 2.77 bits per heavy atom. The second-order valence-corrected chi connectivity index (χ2v) is 5.46. The van der Waals surface area contributed by atoms with Crippen LogP contribution in [0.5, 0.6) is 0 Å². The van der Waals surface area contributed by atoms with E-state index < -0.39 is 11.9 Å². The lowest BCUT2D eigenvalue weighted by Gasteiger charge is -2.21. The van der Waals surface area contributed by atoms with E-state index in [4.69, 9.17) is 0 Å². The van der Waals surface area contributed by atoms with Gasteiger partial charge in [0.2, 0.25) is 23.6 Å². The average Bonchev–Trinajstić information content (AvgIpc) is 2.81. The van der Waals surface area contributed by atoms with Gasteiger partial charge in [-0.25, -0.2) is 0 Å². The van der Waals surface area contributed by atoms with Crippen LogP contribution in [-0.4, -0.2) is 29.7 Å². The van der Waals surface area contributed by atoms with Gasteiger partial charge in [-0.2, -0.15) is 0 Å². The molecule has 2 aliphatic heterocycles. The number of rotatable bonds is 3. The first-order valence-corrected chi connectivity index (χ1v) is 7.06. The molecule has 3 N–H and O–H groups in total. The maximum absolute atomic E-state index is 12.0. The fourth-order valence-corrected chi connectivity index (χ4v) is 2.65. The molecule has 0 saturated carbocycles. The molecule has 1 aromatic carbocycles. The van der Waals surface area contributed by atoms with Gasteiger partial charge in [0.05, 0.1) is 12.8 Å². The van der Waals surface area contributed by atoms with Crippen molar-refractivity contribution in [2.45, 2.75) is 31.7 Å². The maximum Gasteiger partial charge on any atom is 0.249 e. The number of hydrogen-bond donors (Lipinski definition) is 3. The zero-order valence-electron chi connectivity index (χ0n) is 11.8. The summed E-state index contributed by atoms with van der Waals surface area (Å²) in [4.78, 5) is 46.0. The summed E-state index contributed by atoms with van der Waals surface area (Å²) in [7, 11) is 0. The van der Waals surface area contributed by atoms with Gasteiger partial charge in [0.15, 0.2) is 0 Å². The molecule has 3 rings (SSSR count). The molecule has 0 aromatic heterocycles. The summed E-state index contributed by atoms with van der Waals surface area (Å²) in [5, 5.41) is 7.56. The lowest BCUT2D eigenvalue weighted by Crippen LogP contribution is -2.52. The highest BCUT2D eigenvalue weighted by atomic mass is 16.2. The molecular weight excluding hydrogens is 286 g/mol. The Kier molecular flexibility index (Phi) is 3.62. The number of carbonyl (C=O) groups is 4. The van der Waals surface area contributed by atoms with Gasteiger partial charge >= 0.3 is 0 Å². The third kappa shape index (κ3) is 2.98. The van der Waals surface area contributed by atoms with Crippen LogP contribution in [0.2, 0.25) is 0 Å². The summed E-state index contributed by atoms with van der Waals surface area (Å²) in [6, 6.07) is 4.70. The standard InChI is InChI=1S/C15H15N3O4/c19-12-4-3-11(15(22)18-12)17-13(20)6-8-1-2-10-9(5-8)7-14(21)16-10/h1-2,5,11H,3-4,6-7H2,(H,16,21)(H,17,20)(H,18,19,22)/t11-/m1/s1. The van der Waals surface area contributed by atoms with Crippen LogP contribution in [0.4, 0.5) is 5.69 Å². The van der Waals surface area contributed by atoms with Crippen molar-refractivity contribution in [2.75, 3.05) is 5.32 Å². The molecule has 0 bridgehead atoms. The number of anilines is 1. The van der Waals surface area contributed by atoms with Crippen LogP contribution in [-0.2, 0) is 32.0 Å². The SMILES string of the molecule is O=C1CC[C@@H](NC(=O)Cc2ccc3c(c2)CC(=O)N3)C(=O)N1. The summed E-state index contributed by atoms with van der Waals surface area (Å²) in [6.45, 7) is 0. The van der Waals surface area contributed by atoms with E-state index in [1.165, 1.54) is 0 Å². The van der Waals surface area contributed by atoms with Crippen molar-refractivity contribution in [1.29, 1.82) is 0 Å². The Labute approximate surface area is 126 Å². The summed E-state index contributed by atoms with van der Waals surface area (Å²) in [5.74, 6) is -1.12. The van der Waals surface area contributed by atoms with Crippen molar-refractivity contribution in [3.05, 3.63) is 29.3 Å². The summed E-state index contributed by atoms with van der Waals surface area (Å²) < 4.78 is 0. The van der Waals surface area contributed by atoms with Gasteiger partial charge in [-0.05, 0) is 23.6 Å². The Bertz CT molecular complexity index is 683. The number of carbonyl (C=O) groups excluding carboxylic acids is 4. The fraction of sp³-hybridized carbons (Fsp3) is 0.333. The van der Waals surface area contributed by atoms with Gasteiger partial charge in [0.1, 0.15) is 6.04 Å². The van der Waals surface area contributed by atoms with Crippen molar-refractivity contribution in [3.8, 4) is 0 Å². The molecule has 7 heteroatoms. The predicted molar refractivity (Wildman–Crippen MR) is 76.8 cm³/mol. The third-order valence-electron chi connectivity index (χ3n) is 3.73. The smallest absolute Gasteiger partial charge is 0.249 e. The normalized spacial score (nSPS) is 20.2. The Morgan fingerprint density at radius 1 is 1.18 bits per heavy atom. The Hall–Kier alpha value is -2.70. The molecule has 2 aliphatic rings. The Balaban J connectivity index is 1.60. The monoisotopic (exact) mass is 301 g/mol. The predicted octanol–water partition coefficient (Wildman–Crippen LogP) is -0.355. The molecule has 1 atom stereocenters. The van der Waals surface area contributed by atoms with Gasteiger partial charge < -0.3 is 10.6 Å². The molecule has 2 heterocycles. The lowest BCUT2D eigenvalue weighted by atomic mass is 10.0. The number of benzene rings is 1. The molecule has 0 unspecified atom stereocenters. The van der Waals surface area contributed by atoms with Crippen molar-refractivity contribution < 1.29 is 19.2 Å². The van der Waals surface area contributed by atoms with E-state index in [1.807, 2.05) is 6.07 Å². The first-order chi connectivity index (χ1) is 10.5. The number of amides is 4. The molecule has 1 aromatic rings. The van der Waals surface area contributed by atoms with E-state index in [9.17, 15) is 19.2 Å². The summed E-state index contributed by atoms with van der Waals surface area (Å²) >= 11 is 0. The molecule has 4 amide bonds. The third-order valence-corrected chi connectivity index (χ3v) is 3.73. The zero-order chi connectivity index (χ0) is 15.7.